The van der Waals surface area contributed by atoms with Gasteiger partial charge in [0, 0.05) is 12.4 Å². The van der Waals surface area contributed by atoms with Crippen LogP contribution in [0.3, 0.4) is 0 Å². The van der Waals surface area contributed by atoms with Gasteiger partial charge in [0.05, 0.1) is 0 Å². The van der Waals surface area contributed by atoms with Gasteiger partial charge in [-0.2, -0.15) is 8.42 Å². The summed E-state index contributed by atoms with van der Waals surface area (Å²) in [5.41, 5.74) is 0.356. The molecule has 0 aromatic carbocycles. The van der Waals surface area contributed by atoms with Gasteiger partial charge in [-0.05, 0) is 11.6 Å². The molecule has 0 aliphatic rings. The lowest BCUT2D eigenvalue weighted by atomic mass is 10.3. The van der Waals surface area contributed by atoms with E-state index in [1.54, 1.807) is 6.07 Å². The van der Waals surface area contributed by atoms with Crippen molar-refractivity contribution < 1.29 is 13.0 Å². The Morgan fingerprint density at radius 3 is 2.73 bits per heavy atom. The first-order valence-corrected chi connectivity index (χ1v) is 4.30. The zero-order chi connectivity index (χ0) is 8.32. The molecule has 4 nitrogen and oxygen atoms in total. The predicted octanol–water partition coefficient (Wildman–Crippen LogP) is 0.479. The van der Waals surface area contributed by atoms with Crippen molar-refractivity contribution in [2.45, 2.75) is 0 Å². The second-order valence-corrected chi connectivity index (χ2v) is 3.18. The molecule has 59 valence electrons. The van der Waals surface area contributed by atoms with E-state index in [-0.39, 0.29) is 0 Å². The third-order valence-corrected chi connectivity index (χ3v) is 1.54. The molecule has 1 rings (SSSR count). The predicted molar refractivity (Wildman–Crippen MR) is 39.2 cm³/mol. The Labute approximate surface area is 64.6 Å². The highest BCUT2D eigenvalue weighted by Crippen LogP contribution is 2.03. The van der Waals surface area contributed by atoms with Crippen molar-refractivity contribution in [1.29, 1.82) is 0 Å². The SMILES string of the molecule is O=S(=O)(O)[CH]c1cccnc1. The number of nitrogens with zero attached hydrogens (tertiary/aromatic N) is 1. The van der Waals surface area contributed by atoms with Crippen LogP contribution in [0.2, 0.25) is 0 Å². The van der Waals surface area contributed by atoms with E-state index in [4.69, 9.17) is 4.55 Å². The average Bonchev–Trinajstić information content (AvgIpc) is 1.85. The molecule has 5 heteroatoms. The molecular weight excluding hydrogens is 166 g/mol. The van der Waals surface area contributed by atoms with Gasteiger partial charge in [-0.25, -0.2) is 0 Å². The third-order valence-electron chi connectivity index (χ3n) is 0.969. The summed E-state index contributed by atoms with van der Waals surface area (Å²) in [5, 5.41) is 0. The number of rotatable bonds is 2. The van der Waals surface area contributed by atoms with Crippen LogP contribution in [0.4, 0.5) is 0 Å². The Balaban J connectivity index is 2.82. The van der Waals surface area contributed by atoms with Gasteiger partial charge >= 0.3 is 0 Å². The molecule has 0 bridgehead atoms. The van der Waals surface area contributed by atoms with Crippen molar-refractivity contribution in [2.24, 2.45) is 0 Å². The average molecular weight is 172 g/mol. The summed E-state index contributed by atoms with van der Waals surface area (Å²) < 4.78 is 28.9. The van der Waals surface area contributed by atoms with Gasteiger partial charge in [-0.1, -0.05) is 6.07 Å². The van der Waals surface area contributed by atoms with Gasteiger partial charge in [-0.3, -0.25) is 9.54 Å². The minimum atomic E-state index is -4.04. The lowest BCUT2D eigenvalue weighted by Crippen LogP contribution is -1.98. The van der Waals surface area contributed by atoms with Crippen molar-refractivity contribution in [1.82, 2.24) is 4.98 Å². The van der Waals surface area contributed by atoms with Crippen LogP contribution in [-0.4, -0.2) is 18.0 Å². The van der Waals surface area contributed by atoms with E-state index in [0.717, 1.165) is 5.75 Å². The first-order valence-electron chi connectivity index (χ1n) is 2.80. The van der Waals surface area contributed by atoms with E-state index in [0.29, 0.717) is 5.56 Å². The minimum absolute atomic E-state index is 0.356. The minimum Gasteiger partial charge on any atom is -0.285 e. The maximum Gasteiger partial charge on any atom is 0.273 e. The monoisotopic (exact) mass is 172 g/mol. The fraction of sp³-hybridized carbons (Fsp3) is 0. The Bertz CT molecular complexity index is 319. The fourth-order valence-electron chi connectivity index (χ4n) is 0.618. The second kappa shape index (κ2) is 2.98. The molecule has 0 saturated carbocycles. The van der Waals surface area contributed by atoms with Crippen LogP contribution >= 0.6 is 0 Å². The van der Waals surface area contributed by atoms with Crippen LogP contribution < -0.4 is 0 Å². The standard InChI is InChI=1S/C6H6NO3S/c8-11(9,10)5-6-2-1-3-7-4-6/h1-5H,(H,8,9,10). The van der Waals surface area contributed by atoms with Gasteiger partial charge in [0.1, 0.15) is 5.75 Å². The van der Waals surface area contributed by atoms with Crippen molar-refractivity contribution in [3.8, 4) is 0 Å². The topological polar surface area (TPSA) is 67.3 Å². The Morgan fingerprint density at radius 1 is 1.55 bits per heavy atom. The van der Waals surface area contributed by atoms with Crippen LogP contribution in [0.1, 0.15) is 5.56 Å². The van der Waals surface area contributed by atoms with E-state index in [9.17, 15) is 8.42 Å². The molecule has 0 amide bonds. The number of pyridine rings is 1. The summed E-state index contributed by atoms with van der Waals surface area (Å²) in [6.45, 7) is 0. The summed E-state index contributed by atoms with van der Waals surface area (Å²) in [7, 11) is -4.04. The van der Waals surface area contributed by atoms with E-state index in [1.165, 1.54) is 18.5 Å². The van der Waals surface area contributed by atoms with Crippen molar-refractivity contribution in [2.75, 3.05) is 0 Å². The molecule has 1 N–H and O–H groups in total. The van der Waals surface area contributed by atoms with E-state index in [2.05, 4.69) is 4.98 Å². The van der Waals surface area contributed by atoms with Crippen molar-refractivity contribution in [3.63, 3.8) is 0 Å². The fourth-order valence-corrected chi connectivity index (χ4v) is 1.10. The normalized spacial score (nSPS) is 11.4. The van der Waals surface area contributed by atoms with Crippen LogP contribution in [-0.2, 0) is 10.1 Å². The highest BCUT2D eigenvalue weighted by molar-refractivity contribution is 7.88. The molecule has 0 unspecified atom stereocenters. The summed E-state index contributed by atoms with van der Waals surface area (Å²) in [6.07, 6.45) is 2.86. The van der Waals surface area contributed by atoms with Crippen molar-refractivity contribution in [3.05, 3.63) is 35.8 Å². The molecule has 0 fully saturated rings. The molecule has 1 radical (unpaired) electrons. The molecule has 0 aliphatic heterocycles. The van der Waals surface area contributed by atoms with Gasteiger partial charge in [0.15, 0.2) is 0 Å². The Hall–Kier alpha value is -0.940. The van der Waals surface area contributed by atoms with Gasteiger partial charge in [0.2, 0.25) is 0 Å². The van der Waals surface area contributed by atoms with Crippen molar-refractivity contribution >= 4 is 10.1 Å². The highest BCUT2D eigenvalue weighted by atomic mass is 32.2. The molecule has 11 heavy (non-hydrogen) atoms. The summed E-state index contributed by atoms with van der Waals surface area (Å²) in [6, 6.07) is 3.11. The molecule has 0 atom stereocenters. The molecule has 1 aromatic heterocycles. The zero-order valence-electron chi connectivity index (χ0n) is 5.51. The number of aromatic nitrogens is 1. The van der Waals surface area contributed by atoms with E-state index in [1.807, 2.05) is 0 Å². The van der Waals surface area contributed by atoms with Gasteiger partial charge in [-0.15, -0.1) is 0 Å². The zero-order valence-corrected chi connectivity index (χ0v) is 6.32. The maximum atomic E-state index is 10.3. The van der Waals surface area contributed by atoms with Crippen LogP contribution in [0, 0.1) is 5.75 Å². The Morgan fingerprint density at radius 2 is 2.27 bits per heavy atom. The van der Waals surface area contributed by atoms with Gasteiger partial charge < -0.3 is 0 Å². The molecule has 1 heterocycles. The first kappa shape index (κ1) is 8.16. The molecule has 0 spiro atoms. The molecular formula is C6H6NO3S. The molecule has 0 aliphatic carbocycles. The molecule has 1 aromatic rings. The third kappa shape index (κ3) is 3.10. The summed E-state index contributed by atoms with van der Waals surface area (Å²) >= 11 is 0. The lowest BCUT2D eigenvalue weighted by Gasteiger charge is -1.93. The van der Waals surface area contributed by atoms with Crippen LogP contribution in [0.15, 0.2) is 24.5 Å². The number of hydrogen-bond donors (Lipinski definition) is 1. The number of hydrogen-bond acceptors (Lipinski definition) is 3. The maximum absolute atomic E-state index is 10.3. The van der Waals surface area contributed by atoms with Crippen LogP contribution in [0.5, 0.6) is 0 Å². The van der Waals surface area contributed by atoms with E-state index >= 15 is 0 Å². The summed E-state index contributed by atoms with van der Waals surface area (Å²) in [5.74, 6) is 0.736. The smallest absolute Gasteiger partial charge is 0.273 e. The second-order valence-electron chi connectivity index (χ2n) is 1.92. The Kier molecular flexibility index (Phi) is 2.21. The quantitative estimate of drug-likeness (QED) is 0.659. The summed E-state index contributed by atoms with van der Waals surface area (Å²) in [4.78, 5) is 3.66. The molecule has 0 saturated heterocycles. The van der Waals surface area contributed by atoms with Crippen LogP contribution in [0.25, 0.3) is 0 Å². The lowest BCUT2D eigenvalue weighted by molar-refractivity contribution is 0.491. The first-order chi connectivity index (χ1) is 5.08. The van der Waals surface area contributed by atoms with E-state index < -0.39 is 10.1 Å². The van der Waals surface area contributed by atoms with Gasteiger partial charge in [0.25, 0.3) is 10.1 Å². The largest absolute Gasteiger partial charge is 0.285 e. The highest BCUT2D eigenvalue weighted by Gasteiger charge is 2.05.